The van der Waals surface area contributed by atoms with Crippen molar-refractivity contribution in [2.24, 2.45) is 5.92 Å². The highest BCUT2D eigenvalue weighted by atomic mass is 16.1. The van der Waals surface area contributed by atoms with Gasteiger partial charge >= 0.3 is 0 Å². The lowest BCUT2D eigenvalue weighted by atomic mass is 10.1. The van der Waals surface area contributed by atoms with E-state index < -0.39 is 0 Å². The van der Waals surface area contributed by atoms with E-state index in [1.807, 2.05) is 39.0 Å². The molecule has 0 spiro atoms. The number of carbonyl (C=O) groups is 1. The van der Waals surface area contributed by atoms with E-state index in [1.165, 1.54) is 0 Å². The lowest BCUT2D eigenvalue weighted by Gasteiger charge is -2.13. The number of hydrogen-bond acceptors (Lipinski definition) is 2. The van der Waals surface area contributed by atoms with Gasteiger partial charge in [0.2, 0.25) is 5.91 Å². The molecule has 82 valence electrons. The largest absolute Gasteiger partial charge is 0.398 e. The Hall–Kier alpha value is -1.51. The first-order valence-electron chi connectivity index (χ1n) is 5.22. The Balaban J connectivity index is 2.81. The van der Waals surface area contributed by atoms with Gasteiger partial charge in [-0.3, -0.25) is 4.79 Å². The van der Waals surface area contributed by atoms with Crippen LogP contribution in [0.4, 0.5) is 11.4 Å². The van der Waals surface area contributed by atoms with Crippen molar-refractivity contribution in [3.63, 3.8) is 0 Å². The lowest BCUT2D eigenvalue weighted by molar-refractivity contribution is -0.119. The molecule has 0 aliphatic carbocycles. The van der Waals surface area contributed by atoms with Crippen molar-refractivity contribution in [2.75, 3.05) is 11.1 Å². The van der Waals surface area contributed by atoms with Crippen molar-refractivity contribution in [1.29, 1.82) is 0 Å². The zero-order chi connectivity index (χ0) is 11.4. The summed E-state index contributed by atoms with van der Waals surface area (Å²) in [5, 5.41) is 2.88. The second kappa shape index (κ2) is 4.82. The predicted molar refractivity (Wildman–Crippen MR) is 63.7 cm³/mol. The summed E-state index contributed by atoms with van der Waals surface area (Å²) >= 11 is 0. The van der Waals surface area contributed by atoms with Gasteiger partial charge in [0.1, 0.15) is 0 Å². The number of rotatable bonds is 3. The van der Waals surface area contributed by atoms with Gasteiger partial charge in [-0.25, -0.2) is 0 Å². The van der Waals surface area contributed by atoms with Gasteiger partial charge in [0, 0.05) is 17.3 Å². The maximum absolute atomic E-state index is 11.7. The van der Waals surface area contributed by atoms with Crippen LogP contribution in [0.1, 0.15) is 25.8 Å². The van der Waals surface area contributed by atoms with Crippen LogP contribution in [-0.2, 0) is 4.79 Å². The first-order valence-corrected chi connectivity index (χ1v) is 5.22. The summed E-state index contributed by atoms with van der Waals surface area (Å²) in [5.74, 6) is 0.0806. The first-order chi connectivity index (χ1) is 7.06. The van der Waals surface area contributed by atoms with Crippen molar-refractivity contribution in [3.8, 4) is 0 Å². The number of amides is 1. The molecule has 1 aromatic rings. The molecule has 0 aliphatic rings. The van der Waals surface area contributed by atoms with Crippen LogP contribution in [0.2, 0.25) is 0 Å². The monoisotopic (exact) mass is 206 g/mol. The topological polar surface area (TPSA) is 55.1 Å². The minimum atomic E-state index is 0.0332. The van der Waals surface area contributed by atoms with E-state index in [2.05, 4.69) is 5.32 Å². The van der Waals surface area contributed by atoms with Crippen LogP contribution in [0.15, 0.2) is 18.2 Å². The molecule has 0 radical (unpaired) electrons. The third kappa shape index (κ3) is 2.72. The number of hydrogen-bond donors (Lipinski definition) is 2. The molecule has 3 N–H and O–H groups in total. The van der Waals surface area contributed by atoms with E-state index in [-0.39, 0.29) is 11.8 Å². The minimum absolute atomic E-state index is 0.0332. The first kappa shape index (κ1) is 11.6. The average Bonchev–Trinajstić information content (AvgIpc) is 2.23. The van der Waals surface area contributed by atoms with Crippen LogP contribution in [0.25, 0.3) is 0 Å². The normalized spacial score (nSPS) is 12.2. The number of nitrogen functional groups attached to an aromatic ring is 1. The maximum atomic E-state index is 11.7. The van der Waals surface area contributed by atoms with Gasteiger partial charge in [-0.05, 0) is 31.0 Å². The van der Waals surface area contributed by atoms with Crippen molar-refractivity contribution in [1.82, 2.24) is 0 Å². The SMILES string of the molecule is CC[C@H](C)C(=O)Nc1cccc(N)c1C. The van der Waals surface area contributed by atoms with Gasteiger partial charge in [0.05, 0.1) is 0 Å². The molecule has 1 amide bonds. The molecule has 0 saturated heterocycles. The van der Waals surface area contributed by atoms with Crippen LogP contribution >= 0.6 is 0 Å². The Bertz CT molecular complexity index is 361. The molecular formula is C12H18N2O. The lowest BCUT2D eigenvalue weighted by Crippen LogP contribution is -2.20. The summed E-state index contributed by atoms with van der Waals surface area (Å²) in [5.41, 5.74) is 8.19. The van der Waals surface area contributed by atoms with Crippen LogP contribution in [0.3, 0.4) is 0 Å². The Morgan fingerprint density at radius 2 is 2.20 bits per heavy atom. The predicted octanol–water partition coefficient (Wildman–Crippen LogP) is 2.56. The van der Waals surface area contributed by atoms with Gasteiger partial charge in [0.25, 0.3) is 0 Å². The number of carbonyl (C=O) groups excluding carboxylic acids is 1. The Morgan fingerprint density at radius 3 is 2.80 bits per heavy atom. The molecule has 3 heteroatoms. The zero-order valence-electron chi connectivity index (χ0n) is 9.50. The maximum Gasteiger partial charge on any atom is 0.227 e. The second-order valence-corrected chi connectivity index (χ2v) is 3.82. The minimum Gasteiger partial charge on any atom is -0.398 e. The molecule has 3 nitrogen and oxygen atoms in total. The number of benzene rings is 1. The second-order valence-electron chi connectivity index (χ2n) is 3.82. The molecule has 0 bridgehead atoms. The average molecular weight is 206 g/mol. The Kier molecular flexibility index (Phi) is 3.72. The van der Waals surface area contributed by atoms with Crippen LogP contribution < -0.4 is 11.1 Å². The van der Waals surface area contributed by atoms with E-state index in [1.54, 1.807) is 0 Å². The molecule has 0 aliphatic heterocycles. The van der Waals surface area contributed by atoms with Crippen molar-refractivity contribution in [3.05, 3.63) is 23.8 Å². The fourth-order valence-corrected chi connectivity index (χ4v) is 1.23. The fourth-order valence-electron chi connectivity index (χ4n) is 1.23. The molecule has 0 fully saturated rings. The van der Waals surface area contributed by atoms with Gasteiger partial charge in [-0.1, -0.05) is 19.9 Å². The van der Waals surface area contributed by atoms with E-state index in [0.717, 1.165) is 17.7 Å². The molecule has 0 unspecified atom stereocenters. The molecule has 15 heavy (non-hydrogen) atoms. The van der Waals surface area contributed by atoms with Gasteiger partial charge in [0.15, 0.2) is 0 Å². The molecule has 1 atom stereocenters. The van der Waals surface area contributed by atoms with Crippen LogP contribution in [0, 0.1) is 12.8 Å². The van der Waals surface area contributed by atoms with E-state index in [4.69, 9.17) is 5.73 Å². The third-order valence-corrected chi connectivity index (χ3v) is 2.69. The summed E-state index contributed by atoms with van der Waals surface area (Å²) in [7, 11) is 0. The highest BCUT2D eigenvalue weighted by molar-refractivity contribution is 5.93. The number of nitrogens with two attached hydrogens (primary N) is 1. The van der Waals surface area contributed by atoms with E-state index in [0.29, 0.717) is 5.69 Å². The van der Waals surface area contributed by atoms with Crippen LogP contribution in [-0.4, -0.2) is 5.91 Å². The molecule has 0 aromatic heterocycles. The number of nitrogens with one attached hydrogen (secondary N) is 1. The zero-order valence-corrected chi connectivity index (χ0v) is 9.50. The van der Waals surface area contributed by atoms with Gasteiger partial charge in [-0.15, -0.1) is 0 Å². The van der Waals surface area contributed by atoms with Crippen molar-refractivity contribution < 1.29 is 4.79 Å². The molecule has 1 aromatic carbocycles. The molecule has 0 heterocycles. The van der Waals surface area contributed by atoms with E-state index in [9.17, 15) is 4.79 Å². The van der Waals surface area contributed by atoms with Crippen molar-refractivity contribution in [2.45, 2.75) is 27.2 Å². The molecule has 0 saturated carbocycles. The summed E-state index contributed by atoms with van der Waals surface area (Å²) in [4.78, 5) is 11.7. The summed E-state index contributed by atoms with van der Waals surface area (Å²) in [6.07, 6.45) is 0.840. The Labute approximate surface area is 90.7 Å². The summed E-state index contributed by atoms with van der Waals surface area (Å²) in [6, 6.07) is 5.54. The molecular weight excluding hydrogens is 188 g/mol. The standard InChI is InChI=1S/C12H18N2O/c1-4-8(2)12(15)14-11-7-5-6-10(13)9(11)3/h5-8H,4,13H2,1-3H3,(H,14,15)/t8-/m0/s1. The Morgan fingerprint density at radius 1 is 1.53 bits per heavy atom. The smallest absolute Gasteiger partial charge is 0.227 e. The number of anilines is 2. The summed E-state index contributed by atoms with van der Waals surface area (Å²) < 4.78 is 0. The highest BCUT2D eigenvalue weighted by Crippen LogP contribution is 2.21. The highest BCUT2D eigenvalue weighted by Gasteiger charge is 2.11. The fraction of sp³-hybridized carbons (Fsp3) is 0.417. The van der Waals surface area contributed by atoms with Crippen LogP contribution in [0.5, 0.6) is 0 Å². The van der Waals surface area contributed by atoms with Gasteiger partial charge < -0.3 is 11.1 Å². The van der Waals surface area contributed by atoms with Gasteiger partial charge in [-0.2, -0.15) is 0 Å². The quantitative estimate of drug-likeness (QED) is 0.747. The van der Waals surface area contributed by atoms with Crippen molar-refractivity contribution >= 4 is 17.3 Å². The third-order valence-electron chi connectivity index (χ3n) is 2.69. The molecule has 1 rings (SSSR count). The van der Waals surface area contributed by atoms with E-state index >= 15 is 0 Å². The summed E-state index contributed by atoms with van der Waals surface area (Å²) in [6.45, 7) is 5.81.